The fourth-order valence-corrected chi connectivity index (χ4v) is 3.08. The summed E-state index contributed by atoms with van der Waals surface area (Å²) in [6.45, 7) is 10.0. The van der Waals surface area contributed by atoms with Crippen molar-refractivity contribution in [3.8, 4) is 5.75 Å². The highest BCUT2D eigenvalue weighted by atomic mass is 16.5. The first-order valence-electron chi connectivity index (χ1n) is 8.28. The SMILES string of the molecule is CCC1CCN(CC(NC)c2ccc(OC(C)C)cc2)C1. The van der Waals surface area contributed by atoms with Crippen molar-refractivity contribution in [2.75, 3.05) is 26.7 Å². The number of benzene rings is 1. The standard InChI is InChI=1S/C18H30N2O/c1-5-15-10-11-20(12-15)13-18(19-4)16-6-8-17(9-7-16)21-14(2)3/h6-9,14-15,18-19H,5,10-13H2,1-4H3. The highest BCUT2D eigenvalue weighted by molar-refractivity contribution is 5.29. The van der Waals surface area contributed by atoms with Gasteiger partial charge in [-0.15, -0.1) is 0 Å². The summed E-state index contributed by atoms with van der Waals surface area (Å²) < 4.78 is 5.71. The Morgan fingerprint density at radius 3 is 2.52 bits per heavy atom. The molecule has 1 heterocycles. The molecule has 0 saturated carbocycles. The molecule has 0 spiro atoms. The minimum atomic E-state index is 0.228. The maximum absolute atomic E-state index is 5.71. The normalized spacial score (nSPS) is 20.9. The Morgan fingerprint density at radius 2 is 2.00 bits per heavy atom. The van der Waals surface area contributed by atoms with Crippen LogP contribution in [0.1, 0.15) is 45.2 Å². The Hall–Kier alpha value is -1.06. The van der Waals surface area contributed by atoms with Gasteiger partial charge in [0.1, 0.15) is 5.75 Å². The molecule has 3 nitrogen and oxygen atoms in total. The molecule has 0 amide bonds. The van der Waals surface area contributed by atoms with Crippen LogP contribution in [0, 0.1) is 5.92 Å². The van der Waals surface area contributed by atoms with Crippen molar-refractivity contribution in [1.82, 2.24) is 10.2 Å². The van der Waals surface area contributed by atoms with E-state index in [0.29, 0.717) is 6.04 Å². The third-order valence-corrected chi connectivity index (χ3v) is 4.39. The first-order valence-corrected chi connectivity index (χ1v) is 8.28. The summed E-state index contributed by atoms with van der Waals surface area (Å²) in [5, 5.41) is 3.46. The molecule has 0 aromatic heterocycles. The summed E-state index contributed by atoms with van der Waals surface area (Å²) in [5.74, 6) is 1.85. The maximum Gasteiger partial charge on any atom is 0.119 e. The van der Waals surface area contributed by atoms with Crippen molar-refractivity contribution in [2.45, 2.75) is 45.8 Å². The summed E-state index contributed by atoms with van der Waals surface area (Å²) in [7, 11) is 2.05. The number of nitrogens with one attached hydrogen (secondary N) is 1. The molecule has 0 radical (unpaired) electrons. The largest absolute Gasteiger partial charge is 0.491 e. The zero-order valence-corrected chi connectivity index (χ0v) is 13.9. The smallest absolute Gasteiger partial charge is 0.119 e. The van der Waals surface area contributed by atoms with E-state index < -0.39 is 0 Å². The van der Waals surface area contributed by atoms with Crippen LogP contribution >= 0.6 is 0 Å². The van der Waals surface area contributed by atoms with Gasteiger partial charge >= 0.3 is 0 Å². The number of nitrogens with zero attached hydrogens (tertiary/aromatic N) is 1. The second kappa shape index (κ2) is 7.81. The van der Waals surface area contributed by atoms with Crippen LogP contribution in [0.25, 0.3) is 0 Å². The van der Waals surface area contributed by atoms with Gasteiger partial charge in [-0.2, -0.15) is 0 Å². The van der Waals surface area contributed by atoms with Crippen LogP contribution in [-0.4, -0.2) is 37.7 Å². The van der Waals surface area contributed by atoms with Crippen molar-refractivity contribution in [3.63, 3.8) is 0 Å². The molecular formula is C18H30N2O. The number of likely N-dealkylation sites (tertiary alicyclic amines) is 1. The Balaban J connectivity index is 1.94. The van der Waals surface area contributed by atoms with Crippen molar-refractivity contribution >= 4 is 0 Å². The molecule has 2 atom stereocenters. The van der Waals surface area contributed by atoms with E-state index in [9.17, 15) is 0 Å². The highest BCUT2D eigenvalue weighted by Crippen LogP contribution is 2.24. The summed E-state index contributed by atoms with van der Waals surface area (Å²) in [6, 6.07) is 8.93. The Labute approximate surface area is 129 Å². The Bertz CT molecular complexity index is 416. The molecule has 1 saturated heterocycles. The van der Waals surface area contributed by atoms with E-state index in [2.05, 4.69) is 62.3 Å². The lowest BCUT2D eigenvalue weighted by Gasteiger charge is -2.24. The van der Waals surface area contributed by atoms with Gasteiger partial charge < -0.3 is 15.0 Å². The second-order valence-electron chi connectivity index (χ2n) is 6.40. The molecule has 118 valence electrons. The highest BCUT2D eigenvalue weighted by Gasteiger charge is 2.23. The molecule has 3 heteroatoms. The molecule has 0 aliphatic carbocycles. The van der Waals surface area contributed by atoms with E-state index >= 15 is 0 Å². The molecular weight excluding hydrogens is 260 g/mol. The van der Waals surface area contributed by atoms with E-state index in [1.54, 1.807) is 0 Å². The van der Waals surface area contributed by atoms with Gasteiger partial charge in [0.15, 0.2) is 0 Å². The van der Waals surface area contributed by atoms with Crippen molar-refractivity contribution in [3.05, 3.63) is 29.8 Å². The molecule has 0 bridgehead atoms. The van der Waals surface area contributed by atoms with Gasteiger partial charge in [-0.25, -0.2) is 0 Å². The quantitative estimate of drug-likeness (QED) is 0.832. The first-order chi connectivity index (χ1) is 10.1. The van der Waals surface area contributed by atoms with Gasteiger partial charge in [0.05, 0.1) is 6.10 Å². The molecule has 1 aliphatic rings. The van der Waals surface area contributed by atoms with Crippen LogP contribution in [0.4, 0.5) is 0 Å². The minimum absolute atomic E-state index is 0.228. The predicted molar refractivity (Wildman–Crippen MR) is 88.8 cm³/mol. The summed E-state index contributed by atoms with van der Waals surface area (Å²) in [4.78, 5) is 2.59. The van der Waals surface area contributed by atoms with Crippen LogP contribution in [0.15, 0.2) is 24.3 Å². The average Bonchev–Trinajstić information content (AvgIpc) is 2.93. The van der Waals surface area contributed by atoms with Crippen molar-refractivity contribution < 1.29 is 4.74 Å². The van der Waals surface area contributed by atoms with Crippen LogP contribution in [0.3, 0.4) is 0 Å². The van der Waals surface area contributed by atoms with Gasteiger partial charge in [0, 0.05) is 19.1 Å². The van der Waals surface area contributed by atoms with E-state index in [-0.39, 0.29) is 6.10 Å². The number of rotatable bonds is 7. The third-order valence-electron chi connectivity index (χ3n) is 4.39. The van der Waals surface area contributed by atoms with E-state index in [1.807, 2.05) is 0 Å². The lowest BCUT2D eigenvalue weighted by atomic mass is 10.1. The molecule has 1 aromatic rings. The molecule has 21 heavy (non-hydrogen) atoms. The van der Waals surface area contributed by atoms with Crippen molar-refractivity contribution in [2.24, 2.45) is 5.92 Å². The topological polar surface area (TPSA) is 24.5 Å². The molecule has 1 fully saturated rings. The summed E-state index contributed by atoms with van der Waals surface area (Å²) in [6.07, 6.45) is 2.89. The number of likely N-dealkylation sites (N-methyl/N-ethyl adjacent to an activating group) is 1. The molecule has 1 aromatic carbocycles. The lowest BCUT2D eigenvalue weighted by Crippen LogP contribution is -2.32. The molecule has 2 unspecified atom stereocenters. The molecule has 2 rings (SSSR count). The zero-order chi connectivity index (χ0) is 15.2. The predicted octanol–water partition coefficient (Wildman–Crippen LogP) is 3.47. The van der Waals surface area contributed by atoms with Gasteiger partial charge in [-0.1, -0.05) is 25.5 Å². The molecule has 1 N–H and O–H groups in total. The van der Waals surface area contributed by atoms with Crippen LogP contribution in [0.5, 0.6) is 5.75 Å². The van der Waals surface area contributed by atoms with Gasteiger partial charge in [0.25, 0.3) is 0 Å². The summed E-state index contributed by atoms with van der Waals surface area (Å²) >= 11 is 0. The summed E-state index contributed by atoms with van der Waals surface area (Å²) in [5.41, 5.74) is 1.34. The minimum Gasteiger partial charge on any atom is -0.491 e. The Morgan fingerprint density at radius 1 is 1.29 bits per heavy atom. The number of hydrogen-bond acceptors (Lipinski definition) is 3. The first kappa shape index (κ1) is 16.3. The van der Waals surface area contributed by atoms with Crippen LogP contribution in [0.2, 0.25) is 0 Å². The number of ether oxygens (including phenoxy) is 1. The van der Waals surface area contributed by atoms with E-state index in [1.165, 1.54) is 31.5 Å². The fourth-order valence-electron chi connectivity index (χ4n) is 3.08. The third kappa shape index (κ3) is 4.72. The fraction of sp³-hybridized carbons (Fsp3) is 0.667. The second-order valence-corrected chi connectivity index (χ2v) is 6.40. The van der Waals surface area contributed by atoms with Crippen molar-refractivity contribution in [1.29, 1.82) is 0 Å². The van der Waals surface area contributed by atoms with Crippen LogP contribution < -0.4 is 10.1 Å². The van der Waals surface area contributed by atoms with E-state index in [4.69, 9.17) is 4.74 Å². The maximum atomic E-state index is 5.71. The molecule has 1 aliphatic heterocycles. The van der Waals surface area contributed by atoms with Gasteiger partial charge in [-0.3, -0.25) is 0 Å². The monoisotopic (exact) mass is 290 g/mol. The van der Waals surface area contributed by atoms with E-state index in [0.717, 1.165) is 18.2 Å². The van der Waals surface area contributed by atoms with Gasteiger partial charge in [-0.05, 0) is 57.5 Å². The van der Waals surface area contributed by atoms with Crippen LogP contribution in [-0.2, 0) is 0 Å². The average molecular weight is 290 g/mol. The van der Waals surface area contributed by atoms with Gasteiger partial charge in [0.2, 0.25) is 0 Å². The number of hydrogen-bond donors (Lipinski definition) is 1. The zero-order valence-electron chi connectivity index (χ0n) is 13.9. The lowest BCUT2D eigenvalue weighted by molar-refractivity contribution is 0.242. The Kier molecular flexibility index (Phi) is 6.07.